The van der Waals surface area contributed by atoms with Crippen LogP contribution < -0.4 is 5.32 Å². The van der Waals surface area contributed by atoms with E-state index in [9.17, 15) is 4.79 Å². The molecule has 6 nitrogen and oxygen atoms in total. The van der Waals surface area contributed by atoms with Gasteiger partial charge in [-0.2, -0.15) is 0 Å². The Hall–Kier alpha value is -2.11. The Morgan fingerprint density at radius 1 is 1.53 bits per heavy atom. The van der Waals surface area contributed by atoms with Crippen molar-refractivity contribution in [3.8, 4) is 0 Å². The van der Waals surface area contributed by atoms with Crippen molar-refractivity contribution in [2.45, 2.75) is 19.8 Å². The second-order valence-electron chi connectivity index (χ2n) is 3.80. The van der Waals surface area contributed by atoms with Crippen molar-refractivity contribution in [1.82, 2.24) is 25.1 Å². The van der Waals surface area contributed by atoms with Gasteiger partial charge in [-0.3, -0.25) is 9.89 Å². The smallest absolute Gasteiger partial charge is 0.177 e. The van der Waals surface area contributed by atoms with Gasteiger partial charge >= 0.3 is 0 Å². The fraction of sp³-hybridized carbons (Fsp3) is 0.364. The van der Waals surface area contributed by atoms with Crippen molar-refractivity contribution >= 4 is 11.9 Å². The number of aryl methyl sites for hydroxylation is 2. The average Bonchev–Trinajstić information content (AvgIpc) is 2.83. The number of fused-ring (bicyclic) bond motifs is 1. The maximum Gasteiger partial charge on any atom is 0.177 e. The number of aromatic nitrogens is 4. The molecule has 0 saturated carbocycles. The van der Waals surface area contributed by atoms with E-state index in [4.69, 9.17) is 0 Å². The van der Waals surface area contributed by atoms with Gasteiger partial charge in [0.25, 0.3) is 0 Å². The van der Waals surface area contributed by atoms with E-state index >= 15 is 0 Å². The van der Waals surface area contributed by atoms with E-state index in [1.807, 2.05) is 17.5 Å². The molecule has 0 saturated heterocycles. The molecule has 0 atom stereocenters. The molecule has 0 aliphatic carbocycles. The minimum atomic E-state index is 0.747. The minimum absolute atomic E-state index is 0.747. The quantitative estimate of drug-likeness (QED) is 0.435. The molecule has 0 unspecified atom stereocenters. The minimum Gasteiger partial charge on any atom is -0.391 e. The number of allylic oxidation sites excluding steroid dienone is 1. The van der Waals surface area contributed by atoms with E-state index in [0.29, 0.717) is 0 Å². The predicted molar refractivity (Wildman–Crippen MR) is 63.6 cm³/mol. The molecule has 0 amide bonds. The summed E-state index contributed by atoms with van der Waals surface area (Å²) in [5.41, 5.74) is 1.93. The Balaban J connectivity index is 1.86. The highest BCUT2D eigenvalue weighted by Crippen LogP contribution is 2.06. The van der Waals surface area contributed by atoms with Gasteiger partial charge in [0, 0.05) is 24.7 Å². The van der Waals surface area contributed by atoms with Gasteiger partial charge in [-0.15, -0.1) is 10.2 Å². The van der Waals surface area contributed by atoms with Gasteiger partial charge in [-0.05, 0) is 25.6 Å². The van der Waals surface area contributed by atoms with E-state index in [1.54, 1.807) is 6.20 Å². The maximum absolute atomic E-state index is 10.0. The molecular formula is C11H15N5O. The van der Waals surface area contributed by atoms with Gasteiger partial charge in [0.15, 0.2) is 11.5 Å². The second-order valence-corrected chi connectivity index (χ2v) is 3.80. The zero-order chi connectivity index (χ0) is 12.1. The van der Waals surface area contributed by atoms with E-state index in [-0.39, 0.29) is 0 Å². The average molecular weight is 233 g/mol. The van der Waals surface area contributed by atoms with Crippen LogP contribution in [0.2, 0.25) is 0 Å². The van der Waals surface area contributed by atoms with Gasteiger partial charge in [-0.1, -0.05) is 0 Å². The van der Waals surface area contributed by atoms with Crippen LogP contribution in [-0.2, 0) is 11.2 Å². The van der Waals surface area contributed by atoms with Gasteiger partial charge in [0.05, 0.1) is 0 Å². The molecule has 0 aliphatic heterocycles. The van der Waals surface area contributed by atoms with Crippen LogP contribution in [0.5, 0.6) is 0 Å². The molecule has 2 aromatic rings. The topological polar surface area (TPSA) is 75.1 Å². The standard InChI is InChI=1S/C11H15N5O/c1-9-8-11-14-13-10(16(11)15-9)4-2-5-12-6-3-7-17/h3,6-8,12,15H,2,4-5H2,1H3. The molecular weight excluding hydrogens is 218 g/mol. The summed E-state index contributed by atoms with van der Waals surface area (Å²) in [5, 5.41) is 14.4. The highest BCUT2D eigenvalue weighted by molar-refractivity contribution is 5.64. The zero-order valence-corrected chi connectivity index (χ0v) is 9.68. The van der Waals surface area contributed by atoms with E-state index in [0.717, 1.165) is 42.8 Å². The van der Waals surface area contributed by atoms with Crippen molar-refractivity contribution in [3.05, 3.63) is 29.9 Å². The number of carbonyl (C=O) groups is 1. The molecule has 2 aromatic heterocycles. The van der Waals surface area contributed by atoms with Crippen molar-refractivity contribution in [1.29, 1.82) is 0 Å². The van der Waals surface area contributed by atoms with Crippen LogP contribution in [0, 0.1) is 6.92 Å². The molecule has 6 heteroatoms. The van der Waals surface area contributed by atoms with E-state index in [1.165, 1.54) is 6.08 Å². The highest BCUT2D eigenvalue weighted by Gasteiger charge is 2.06. The first-order chi connectivity index (χ1) is 8.31. The summed E-state index contributed by atoms with van der Waals surface area (Å²) in [5.74, 6) is 0.925. The Morgan fingerprint density at radius 3 is 3.24 bits per heavy atom. The lowest BCUT2D eigenvalue weighted by Gasteiger charge is -1.99. The Morgan fingerprint density at radius 2 is 2.41 bits per heavy atom. The third-order valence-corrected chi connectivity index (χ3v) is 2.40. The van der Waals surface area contributed by atoms with Crippen molar-refractivity contribution in [3.63, 3.8) is 0 Å². The van der Waals surface area contributed by atoms with Gasteiger partial charge < -0.3 is 5.32 Å². The molecule has 2 rings (SSSR count). The highest BCUT2D eigenvalue weighted by atomic mass is 16.1. The first-order valence-corrected chi connectivity index (χ1v) is 5.54. The summed E-state index contributed by atoms with van der Waals surface area (Å²) in [4.78, 5) is 10.0. The summed E-state index contributed by atoms with van der Waals surface area (Å²) in [6.07, 6.45) is 5.59. The van der Waals surface area contributed by atoms with E-state index < -0.39 is 0 Å². The maximum atomic E-state index is 10.0. The van der Waals surface area contributed by atoms with Gasteiger partial charge in [0.1, 0.15) is 6.29 Å². The number of aromatic amines is 1. The molecule has 0 spiro atoms. The molecule has 90 valence electrons. The monoisotopic (exact) mass is 233 g/mol. The zero-order valence-electron chi connectivity index (χ0n) is 9.68. The van der Waals surface area contributed by atoms with Crippen LogP contribution in [0.4, 0.5) is 0 Å². The fourth-order valence-electron chi connectivity index (χ4n) is 1.65. The summed E-state index contributed by atoms with van der Waals surface area (Å²) in [6.45, 7) is 2.79. The number of nitrogens with zero attached hydrogens (tertiary/aromatic N) is 3. The first-order valence-electron chi connectivity index (χ1n) is 5.54. The summed E-state index contributed by atoms with van der Waals surface area (Å²) >= 11 is 0. The van der Waals surface area contributed by atoms with Crippen LogP contribution in [0.25, 0.3) is 5.65 Å². The van der Waals surface area contributed by atoms with Crippen LogP contribution >= 0.6 is 0 Å². The molecule has 2 heterocycles. The van der Waals surface area contributed by atoms with Crippen LogP contribution in [-0.4, -0.2) is 32.6 Å². The number of rotatable bonds is 6. The van der Waals surface area contributed by atoms with Crippen LogP contribution in [0.15, 0.2) is 18.3 Å². The molecule has 0 bridgehead atoms. The number of nitrogens with one attached hydrogen (secondary N) is 2. The SMILES string of the molecule is Cc1cc2nnc(CCCNC=CC=O)n2[nH]1. The lowest BCUT2D eigenvalue weighted by atomic mass is 10.3. The molecule has 0 aliphatic rings. The molecule has 17 heavy (non-hydrogen) atoms. The summed E-state index contributed by atoms with van der Waals surface area (Å²) in [7, 11) is 0. The Labute approximate surface area is 98.7 Å². The number of hydrogen-bond donors (Lipinski definition) is 2. The second kappa shape index (κ2) is 5.29. The summed E-state index contributed by atoms with van der Waals surface area (Å²) in [6, 6.07) is 1.96. The number of hydrogen-bond acceptors (Lipinski definition) is 4. The lowest BCUT2D eigenvalue weighted by Crippen LogP contribution is -2.09. The third-order valence-electron chi connectivity index (χ3n) is 2.40. The number of H-pyrrole nitrogens is 1. The Kier molecular flexibility index (Phi) is 3.54. The molecule has 2 N–H and O–H groups in total. The van der Waals surface area contributed by atoms with Crippen molar-refractivity contribution in [2.24, 2.45) is 0 Å². The van der Waals surface area contributed by atoms with Crippen molar-refractivity contribution < 1.29 is 4.79 Å². The van der Waals surface area contributed by atoms with Gasteiger partial charge in [0.2, 0.25) is 0 Å². The normalized spacial score (nSPS) is 11.4. The van der Waals surface area contributed by atoms with E-state index in [2.05, 4.69) is 20.6 Å². The Bertz CT molecular complexity index is 525. The number of carbonyl (C=O) groups excluding carboxylic acids is 1. The van der Waals surface area contributed by atoms with Crippen molar-refractivity contribution in [2.75, 3.05) is 6.54 Å². The lowest BCUT2D eigenvalue weighted by molar-refractivity contribution is -0.104. The summed E-state index contributed by atoms with van der Waals surface area (Å²) < 4.78 is 1.90. The molecule has 0 aromatic carbocycles. The molecule has 0 fully saturated rings. The number of aldehydes is 1. The fourth-order valence-corrected chi connectivity index (χ4v) is 1.65. The third kappa shape index (κ3) is 2.72. The van der Waals surface area contributed by atoms with Crippen LogP contribution in [0.3, 0.4) is 0 Å². The first kappa shape index (κ1) is 11.4. The largest absolute Gasteiger partial charge is 0.391 e. The molecule has 0 radical (unpaired) electrons. The van der Waals surface area contributed by atoms with Gasteiger partial charge in [-0.25, -0.2) is 4.52 Å². The van der Waals surface area contributed by atoms with Crippen LogP contribution in [0.1, 0.15) is 17.9 Å². The predicted octanol–water partition coefficient (Wildman–Crippen LogP) is 0.601.